The monoisotopic (exact) mass is 317 g/mol. The van der Waals surface area contributed by atoms with Gasteiger partial charge in [-0.05, 0) is 49.6 Å². The van der Waals surface area contributed by atoms with E-state index in [0.717, 1.165) is 12.2 Å². The first-order valence-electron chi connectivity index (χ1n) is 7.47. The molecule has 1 aliphatic heterocycles. The number of rotatable bonds is 2. The molecule has 0 saturated heterocycles. The molecule has 0 radical (unpaired) electrons. The number of methoxy groups -OCH3 is 1. The summed E-state index contributed by atoms with van der Waals surface area (Å²) < 4.78 is 5.29. The van der Waals surface area contributed by atoms with E-state index in [2.05, 4.69) is 74.6 Å². The Balaban J connectivity index is 0.00000176. The van der Waals surface area contributed by atoms with Crippen LogP contribution in [0.4, 0.5) is 5.69 Å². The van der Waals surface area contributed by atoms with Crippen LogP contribution in [0.1, 0.15) is 38.3 Å². The lowest BCUT2D eigenvalue weighted by molar-refractivity contribution is 0.377. The zero-order valence-electron chi connectivity index (χ0n) is 13.6. The molecule has 1 unspecified atom stereocenters. The average molecular weight is 318 g/mol. The van der Waals surface area contributed by atoms with E-state index in [9.17, 15) is 0 Å². The Morgan fingerprint density at radius 1 is 0.955 bits per heavy atom. The maximum Gasteiger partial charge on any atom is 0.118 e. The van der Waals surface area contributed by atoms with Crippen molar-refractivity contribution in [2.75, 3.05) is 12.4 Å². The zero-order chi connectivity index (χ0) is 15.1. The first kappa shape index (κ1) is 16.7. The molecule has 1 aliphatic rings. The van der Waals surface area contributed by atoms with Crippen molar-refractivity contribution in [3.05, 3.63) is 59.7 Å². The van der Waals surface area contributed by atoms with Crippen LogP contribution in [0.25, 0.3) is 0 Å². The summed E-state index contributed by atoms with van der Waals surface area (Å²) in [7, 11) is 1.71. The van der Waals surface area contributed by atoms with Crippen molar-refractivity contribution >= 4 is 18.1 Å². The molecule has 1 N–H and O–H groups in total. The van der Waals surface area contributed by atoms with E-state index in [1.807, 2.05) is 0 Å². The summed E-state index contributed by atoms with van der Waals surface area (Å²) in [5.41, 5.74) is 4.03. The van der Waals surface area contributed by atoms with Crippen molar-refractivity contribution < 1.29 is 4.74 Å². The second-order valence-electron chi connectivity index (χ2n) is 6.79. The summed E-state index contributed by atoms with van der Waals surface area (Å²) in [4.78, 5) is 0. The fourth-order valence-electron chi connectivity index (χ4n) is 3.68. The van der Waals surface area contributed by atoms with E-state index in [1.54, 1.807) is 7.11 Å². The zero-order valence-corrected chi connectivity index (χ0v) is 14.5. The molecule has 1 heterocycles. The van der Waals surface area contributed by atoms with E-state index in [0.29, 0.717) is 0 Å². The van der Waals surface area contributed by atoms with E-state index in [1.165, 1.54) is 16.8 Å². The van der Waals surface area contributed by atoms with Gasteiger partial charge >= 0.3 is 0 Å². The lowest BCUT2D eigenvalue weighted by Crippen LogP contribution is -2.45. The highest BCUT2D eigenvalue weighted by Crippen LogP contribution is 2.47. The fraction of sp³-hybridized carbons (Fsp3) is 0.368. The summed E-state index contributed by atoms with van der Waals surface area (Å²) in [6.07, 6.45) is 1.06. The van der Waals surface area contributed by atoms with Gasteiger partial charge in [-0.1, -0.05) is 37.3 Å². The minimum Gasteiger partial charge on any atom is -0.497 e. The van der Waals surface area contributed by atoms with Gasteiger partial charge in [-0.2, -0.15) is 0 Å². The van der Waals surface area contributed by atoms with Gasteiger partial charge in [0.2, 0.25) is 0 Å². The fourth-order valence-corrected chi connectivity index (χ4v) is 3.68. The lowest BCUT2D eigenvalue weighted by Gasteiger charge is -2.45. The van der Waals surface area contributed by atoms with Crippen LogP contribution in [0.3, 0.4) is 0 Å². The van der Waals surface area contributed by atoms with Crippen molar-refractivity contribution in [3.63, 3.8) is 0 Å². The number of fused-ring (bicyclic) bond motifs is 1. The minimum atomic E-state index is 0. The van der Waals surface area contributed by atoms with Crippen molar-refractivity contribution in [1.82, 2.24) is 0 Å². The van der Waals surface area contributed by atoms with Gasteiger partial charge in [-0.3, -0.25) is 0 Å². The number of hydrogen-bond acceptors (Lipinski definition) is 2. The molecule has 3 rings (SSSR count). The number of anilines is 1. The number of halogens is 1. The predicted molar refractivity (Wildman–Crippen MR) is 95.5 cm³/mol. The first-order valence-corrected chi connectivity index (χ1v) is 7.47. The van der Waals surface area contributed by atoms with Crippen LogP contribution in [-0.4, -0.2) is 12.6 Å². The molecule has 0 aliphatic carbocycles. The van der Waals surface area contributed by atoms with Gasteiger partial charge < -0.3 is 10.1 Å². The molecule has 3 heteroatoms. The Kier molecular flexibility index (Phi) is 4.44. The highest BCUT2D eigenvalue weighted by Gasteiger charge is 2.41. The topological polar surface area (TPSA) is 21.3 Å². The Labute approximate surface area is 139 Å². The van der Waals surface area contributed by atoms with Crippen molar-refractivity contribution in [1.29, 1.82) is 0 Å². The van der Waals surface area contributed by atoms with Crippen molar-refractivity contribution in [2.24, 2.45) is 0 Å². The largest absolute Gasteiger partial charge is 0.497 e. The van der Waals surface area contributed by atoms with Crippen LogP contribution in [0.5, 0.6) is 5.75 Å². The molecular formula is C19H24ClNO. The number of benzene rings is 2. The third-order valence-electron chi connectivity index (χ3n) is 4.52. The van der Waals surface area contributed by atoms with Crippen molar-refractivity contribution in [3.8, 4) is 5.75 Å². The van der Waals surface area contributed by atoms with E-state index >= 15 is 0 Å². The number of para-hydroxylation sites is 1. The molecule has 22 heavy (non-hydrogen) atoms. The first-order chi connectivity index (χ1) is 9.94. The summed E-state index contributed by atoms with van der Waals surface area (Å²) in [6, 6.07) is 17.1. The van der Waals surface area contributed by atoms with Crippen LogP contribution in [0, 0.1) is 0 Å². The Morgan fingerprint density at radius 3 is 2.23 bits per heavy atom. The van der Waals surface area contributed by atoms with Gasteiger partial charge in [0.05, 0.1) is 7.11 Å². The van der Waals surface area contributed by atoms with E-state index in [4.69, 9.17) is 4.74 Å². The van der Waals surface area contributed by atoms with Crippen LogP contribution in [-0.2, 0) is 5.41 Å². The molecular weight excluding hydrogens is 294 g/mol. The highest BCUT2D eigenvalue weighted by atomic mass is 35.5. The molecule has 2 aromatic rings. The number of hydrogen-bond donors (Lipinski definition) is 1. The van der Waals surface area contributed by atoms with Gasteiger partial charge in [0, 0.05) is 16.6 Å². The van der Waals surface area contributed by atoms with E-state index in [-0.39, 0.29) is 23.4 Å². The third kappa shape index (κ3) is 2.80. The lowest BCUT2D eigenvalue weighted by atomic mass is 9.66. The molecule has 118 valence electrons. The molecule has 2 aromatic carbocycles. The smallest absolute Gasteiger partial charge is 0.118 e. The van der Waals surface area contributed by atoms with Gasteiger partial charge in [0.25, 0.3) is 0 Å². The molecule has 0 spiro atoms. The van der Waals surface area contributed by atoms with Gasteiger partial charge in [0.1, 0.15) is 5.75 Å². The van der Waals surface area contributed by atoms with Gasteiger partial charge in [-0.25, -0.2) is 0 Å². The molecule has 0 saturated carbocycles. The molecule has 0 bridgehead atoms. The van der Waals surface area contributed by atoms with E-state index < -0.39 is 0 Å². The summed E-state index contributed by atoms with van der Waals surface area (Å²) in [6.45, 7) is 6.88. The molecule has 0 amide bonds. The average Bonchev–Trinajstić information content (AvgIpc) is 2.46. The van der Waals surface area contributed by atoms with Gasteiger partial charge in [-0.15, -0.1) is 12.4 Å². The quantitative estimate of drug-likeness (QED) is 0.840. The molecule has 2 nitrogen and oxygen atoms in total. The van der Waals surface area contributed by atoms with Crippen LogP contribution in [0.2, 0.25) is 0 Å². The number of ether oxygens (including phenoxy) is 1. The standard InChI is InChI=1S/C19H23NO.ClH/c1-18(2)13-19(3,14-9-11-15(21-4)12-10-14)16-7-5-6-8-17(16)20-18;/h5-12,20H,13H2,1-4H3;1H. The summed E-state index contributed by atoms with van der Waals surface area (Å²) in [5.74, 6) is 0.906. The van der Waals surface area contributed by atoms with Crippen LogP contribution >= 0.6 is 12.4 Å². The predicted octanol–water partition coefficient (Wildman–Crippen LogP) is 5.02. The second-order valence-corrected chi connectivity index (χ2v) is 6.79. The Bertz CT molecular complexity index is 651. The van der Waals surface area contributed by atoms with Crippen molar-refractivity contribution in [2.45, 2.75) is 38.1 Å². The third-order valence-corrected chi connectivity index (χ3v) is 4.52. The maximum atomic E-state index is 5.29. The molecule has 0 fully saturated rings. The minimum absolute atomic E-state index is 0. The summed E-state index contributed by atoms with van der Waals surface area (Å²) >= 11 is 0. The molecule has 1 atom stereocenters. The van der Waals surface area contributed by atoms with Crippen LogP contribution in [0.15, 0.2) is 48.5 Å². The summed E-state index contributed by atoms with van der Waals surface area (Å²) in [5, 5.41) is 3.66. The number of nitrogens with one attached hydrogen (secondary N) is 1. The second kappa shape index (κ2) is 5.85. The molecule has 0 aromatic heterocycles. The highest BCUT2D eigenvalue weighted by molar-refractivity contribution is 5.85. The Hall–Kier alpha value is -1.67. The van der Waals surface area contributed by atoms with Gasteiger partial charge in [0.15, 0.2) is 0 Å². The van der Waals surface area contributed by atoms with Crippen LogP contribution < -0.4 is 10.1 Å². The maximum absolute atomic E-state index is 5.29. The SMILES string of the molecule is COc1ccc(C2(C)CC(C)(C)Nc3ccccc32)cc1.Cl. The Morgan fingerprint density at radius 2 is 1.59 bits per heavy atom. The normalized spacial score (nSPS) is 22.0.